The van der Waals surface area contributed by atoms with E-state index in [1.807, 2.05) is 29.1 Å². The summed E-state index contributed by atoms with van der Waals surface area (Å²) in [6.07, 6.45) is 7.11. The fraction of sp³-hybridized carbons (Fsp3) is 0.400. The van der Waals surface area contributed by atoms with Gasteiger partial charge in [0.2, 0.25) is 0 Å². The number of halogens is 1. The molecule has 1 aromatic carbocycles. The molecule has 0 fully saturated rings. The summed E-state index contributed by atoms with van der Waals surface area (Å²) in [7, 11) is 0. The fourth-order valence-electron chi connectivity index (χ4n) is 2.01. The second kappa shape index (κ2) is 6.60. The van der Waals surface area contributed by atoms with E-state index in [0.29, 0.717) is 0 Å². The zero-order valence-corrected chi connectivity index (χ0v) is 11.5. The molecule has 0 saturated heterocycles. The first-order chi connectivity index (χ1) is 8.79. The summed E-state index contributed by atoms with van der Waals surface area (Å²) in [5.74, 6) is 0. The third-order valence-electron chi connectivity index (χ3n) is 2.99. The minimum Gasteiger partial charge on any atom is -0.272 e. The molecule has 18 heavy (non-hydrogen) atoms. The van der Waals surface area contributed by atoms with Crippen molar-refractivity contribution >= 4 is 11.6 Å². The van der Waals surface area contributed by atoms with Crippen LogP contribution in [0.3, 0.4) is 0 Å². The van der Waals surface area contributed by atoms with Crippen LogP contribution in [-0.4, -0.2) is 9.78 Å². The van der Waals surface area contributed by atoms with Gasteiger partial charge >= 0.3 is 0 Å². The van der Waals surface area contributed by atoms with Crippen LogP contribution in [0.4, 0.5) is 0 Å². The molecular weight excluding hydrogens is 244 g/mol. The van der Waals surface area contributed by atoms with Crippen LogP contribution >= 0.6 is 11.6 Å². The van der Waals surface area contributed by atoms with E-state index in [4.69, 9.17) is 11.6 Å². The summed E-state index contributed by atoms with van der Waals surface area (Å²) in [6, 6.07) is 10.2. The Hall–Kier alpha value is -1.28. The van der Waals surface area contributed by atoms with Crippen molar-refractivity contribution in [3.8, 4) is 0 Å². The topological polar surface area (TPSA) is 17.8 Å². The van der Waals surface area contributed by atoms with Gasteiger partial charge in [0.15, 0.2) is 0 Å². The molecule has 2 rings (SSSR count). The van der Waals surface area contributed by atoms with Crippen LogP contribution in [0.5, 0.6) is 0 Å². The number of aryl methyl sites for hydroxylation is 2. The molecule has 0 spiro atoms. The smallest absolute Gasteiger partial charge is 0.0588 e. The van der Waals surface area contributed by atoms with Gasteiger partial charge in [-0.1, -0.05) is 37.3 Å². The van der Waals surface area contributed by atoms with Crippen molar-refractivity contribution in [3.05, 3.63) is 53.9 Å². The molecule has 0 aliphatic heterocycles. The van der Waals surface area contributed by atoms with Crippen LogP contribution in [0.2, 0.25) is 0 Å². The van der Waals surface area contributed by atoms with E-state index in [9.17, 15) is 0 Å². The number of nitrogens with zero attached hydrogens (tertiary/aromatic N) is 2. The fourth-order valence-corrected chi connectivity index (χ4v) is 2.26. The Labute approximate surface area is 114 Å². The molecule has 1 aromatic heterocycles. The van der Waals surface area contributed by atoms with E-state index in [0.717, 1.165) is 25.8 Å². The van der Waals surface area contributed by atoms with Gasteiger partial charge in [0.05, 0.1) is 11.6 Å². The van der Waals surface area contributed by atoms with Crippen LogP contribution in [0.1, 0.15) is 36.3 Å². The van der Waals surface area contributed by atoms with Crippen molar-refractivity contribution in [1.29, 1.82) is 0 Å². The molecule has 1 atom stereocenters. The largest absolute Gasteiger partial charge is 0.272 e. The summed E-state index contributed by atoms with van der Waals surface area (Å²) < 4.78 is 2.00. The van der Waals surface area contributed by atoms with Crippen LogP contribution in [0, 0.1) is 0 Å². The van der Waals surface area contributed by atoms with E-state index in [-0.39, 0.29) is 5.38 Å². The molecule has 1 unspecified atom stereocenters. The van der Waals surface area contributed by atoms with Gasteiger partial charge in [0.1, 0.15) is 0 Å². The van der Waals surface area contributed by atoms with Crippen molar-refractivity contribution < 1.29 is 0 Å². The molecule has 2 aromatic rings. The highest BCUT2D eigenvalue weighted by atomic mass is 35.5. The number of aromatic nitrogens is 2. The van der Waals surface area contributed by atoms with Gasteiger partial charge < -0.3 is 0 Å². The highest BCUT2D eigenvalue weighted by molar-refractivity contribution is 6.20. The quantitative estimate of drug-likeness (QED) is 0.713. The summed E-state index contributed by atoms with van der Waals surface area (Å²) in [5, 5.41) is 4.41. The minimum absolute atomic E-state index is 0.0840. The summed E-state index contributed by atoms with van der Waals surface area (Å²) >= 11 is 6.40. The Morgan fingerprint density at radius 2 is 2.06 bits per heavy atom. The zero-order chi connectivity index (χ0) is 12.8. The molecule has 1 heterocycles. The van der Waals surface area contributed by atoms with Gasteiger partial charge in [0, 0.05) is 12.7 Å². The highest BCUT2D eigenvalue weighted by Crippen LogP contribution is 2.25. The molecule has 0 saturated carbocycles. The first-order valence-corrected chi connectivity index (χ1v) is 6.93. The van der Waals surface area contributed by atoms with Gasteiger partial charge in [-0.15, -0.1) is 11.6 Å². The van der Waals surface area contributed by atoms with Gasteiger partial charge in [-0.25, -0.2) is 0 Å². The van der Waals surface area contributed by atoms with Gasteiger partial charge in [0.25, 0.3) is 0 Å². The Morgan fingerprint density at radius 3 is 2.78 bits per heavy atom. The van der Waals surface area contributed by atoms with Crippen molar-refractivity contribution in [2.45, 2.75) is 38.1 Å². The molecule has 0 N–H and O–H groups in total. The zero-order valence-electron chi connectivity index (χ0n) is 10.7. The second-order valence-corrected chi connectivity index (χ2v) is 5.06. The Balaban J connectivity index is 1.87. The van der Waals surface area contributed by atoms with Gasteiger partial charge in [-0.2, -0.15) is 5.10 Å². The maximum atomic E-state index is 6.40. The molecule has 96 valence electrons. The second-order valence-electron chi connectivity index (χ2n) is 4.53. The molecule has 0 aliphatic carbocycles. The molecule has 0 amide bonds. The van der Waals surface area contributed by atoms with E-state index in [2.05, 4.69) is 30.4 Å². The lowest BCUT2D eigenvalue weighted by atomic mass is 10.1. The first-order valence-electron chi connectivity index (χ1n) is 6.50. The number of hydrogen-bond acceptors (Lipinski definition) is 1. The summed E-state index contributed by atoms with van der Waals surface area (Å²) in [4.78, 5) is 0. The number of rotatable bonds is 6. The standard InChI is InChI=1S/C15H19ClN2/c1-2-10-18-12-13(11-17-18)8-9-15(16)14-6-4-3-5-7-14/h3-7,11-12,15H,2,8-10H2,1H3. The lowest BCUT2D eigenvalue weighted by molar-refractivity contribution is 0.602. The third kappa shape index (κ3) is 3.61. The maximum absolute atomic E-state index is 6.40. The van der Waals surface area contributed by atoms with Gasteiger partial charge in [-0.3, -0.25) is 4.68 Å². The minimum atomic E-state index is 0.0840. The van der Waals surface area contributed by atoms with Crippen LogP contribution < -0.4 is 0 Å². The SMILES string of the molecule is CCCn1cc(CCC(Cl)c2ccccc2)cn1. The van der Waals surface area contributed by atoms with E-state index < -0.39 is 0 Å². The molecule has 0 bridgehead atoms. The van der Waals surface area contributed by atoms with E-state index in [1.165, 1.54) is 11.1 Å². The van der Waals surface area contributed by atoms with Crippen LogP contribution in [0.15, 0.2) is 42.7 Å². The Kier molecular flexibility index (Phi) is 4.82. The Bertz CT molecular complexity index is 464. The van der Waals surface area contributed by atoms with Crippen molar-refractivity contribution in [3.63, 3.8) is 0 Å². The normalized spacial score (nSPS) is 12.6. The Morgan fingerprint density at radius 1 is 1.28 bits per heavy atom. The highest BCUT2D eigenvalue weighted by Gasteiger charge is 2.08. The summed E-state index contributed by atoms with van der Waals surface area (Å²) in [5.41, 5.74) is 2.46. The molecule has 2 nitrogen and oxygen atoms in total. The van der Waals surface area contributed by atoms with Crippen LogP contribution in [0.25, 0.3) is 0 Å². The molecular formula is C15H19ClN2. The lowest BCUT2D eigenvalue weighted by Crippen LogP contribution is -1.96. The van der Waals surface area contributed by atoms with Crippen molar-refractivity contribution in [2.75, 3.05) is 0 Å². The first kappa shape index (κ1) is 13.2. The number of alkyl halides is 1. The average molecular weight is 263 g/mol. The summed E-state index contributed by atoms with van der Waals surface area (Å²) in [6.45, 7) is 3.15. The van der Waals surface area contributed by atoms with Crippen LogP contribution in [-0.2, 0) is 13.0 Å². The predicted octanol–water partition coefficient (Wildman–Crippen LogP) is 4.21. The third-order valence-corrected chi connectivity index (χ3v) is 3.46. The number of hydrogen-bond donors (Lipinski definition) is 0. The molecule has 0 radical (unpaired) electrons. The van der Waals surface area contributed by atoms with E-state index >= 15 is 0 Å². The molecule has 0 aliphatic rings. The maximum Gasteiger partial charge on any atom is 0.0588 e. The van der Waals surface area contributed by atoms with Gasteiger partial charge in [-0.05, 0) is 30.4 Å². The van der Waals surface area contributed by atoms with Crippen molar-refractivity contribution in [2.24, 2.45) is 0 Å². The number of benzene rings is 1. The van der Waals surface area contributed by atoms with Crippen molar-refractivity contribution in [1.82, 2.24) is 9.78 Å². The molecule has 3 heteroatoms. The monoisotopic (exact) mass is 262 g/mol. The van der Waals surface area contributed by atoms with E-state index in [1.54, 1.807) is 0 Å². The lowest BCUT2D eigenvalue weighted by Gasteiger charge is -2.08. The average Bonchev–Trinajstić information content (AvgIpc) is 2.85. The predicted molar refractivity (Wildman–Crippen MR) is 75.9 cm³/mol.